The number of pyridine rings is 1. The van der Waals surface area contributed by atoms with Crippen LogP contribution in [-0.4, -0.2) is 55.0 Å². The smallest absolute Gasteiger partial charge is 0.260 e. The molecule has 1 saturated heterocycles. The summed E-state index contributed by atoms with van der Waals surface area (Å²) >= 11 is 0. The zero-order valence-electron chi connectivity index (χ0n) is 15.3. The minimum Gasteiger partial charge on any atom is -0.375 e. The van der Waals surface area contributed by atoms with Gasteiger partial charge in [-0.1, -0.05) is 19.3 Å². The lowest BCUT2D eigenvalue weighted by atomic mass is 9.67. The van der Waals surface area contributed by atoms with E-state index in [4.69, 9.17) is 4.74 Å². The molecule has 3 rings (SSSR count). The molecule has 0 aromatic carbocycles. The quantitative estimate of drug-likeness (QED) is 0.823. The second-order valence-electron chi connectivity index (χ2n) is 7.46. The molecule has 2 fully saturated rings. The number of hydrogen-bond acceptors (Lipinski definition) is 4. The predicted molar refractivity (Wildman–Crippen MR) is 96.9 cm³/mol. The van der Waals surface area contributed by atoms with Gasteiger partial charge in [0.2, 0.25) is 5.91 Å². The van der Waals surface area contributed by atoms with Crippen molar-refractivity contribution in [3.8, 4) is 0 Å². The normalized spacial score (nSPS) is 21.7. The van der Waals surface area contributed by atoms with Gasteiger partial charge in [0.15, 0.2) is 0 Å². The fourth-order valence-corrected chi connectivity index (χ4v) is 4.47. The Morgan fingerprint density at radius 1 is 1.35 bits per heavy atom. The van der Waals surface area contributed by atoms with Gasteiger partial charge in [-0.3, -0.25) is 14.4 Å². The summed E-state index contributed by atoms with van der Waals surface area (Å²) in [5, 5.41) is 2.94. The van der Waals surface area contributed by atoms with Crippen molar-refractivity contribution in [2.75, 3.05) is 33.4 Å². The summed E-state index contributed by atoms with van der Waals surface area (Å²) in [6.45, 7) is 1.81. The zero-order valence-corrected chi connectivity index (χ0v) is 15.3. The van der Waals surface area contributed by atoms with Gasteiger partial charge in [0.1, 0.15) is 12.2 Å². The maximum atomic E-state index is 12.9. The van der Waals surface area contributed by atoms with Crippen LogP contribution in [0.5, 0.6) is 0 Å². The van der Waals surface area contributed by atoms with E-state index in [9.17, 15) is 14.4 Å². The lowest BCUT2D eigenvalue weighted by molar-refractivity contribution is -0.125. The highest BCUT2D eigenvalue weighted by molar-refractivity contribution is 5.94. The molecule has 1 saturated carbocycles. The molecule has 2 aliphatic rings. The molecule has 1 aromatic heterocycles. The molecule has 142 valence electrons. The summed E-state index contributed by atoms with van der Waals surface area (Å²) in [5.41, 5.74) is -0.134. The van der Waals surface area contributed by atoms with Crippen molar-refractivity contribution >= 4 is 11.8 Å². The topological polar surface area (TPSA) is 91.5 Å². The minimum absolute atomic E-state index is 0.0375. The molecule has 2 heterocycles. The SMILES string of the molecule is COCC(=O)NC[C@H]1CN(C(=O)c2ccc[nH]c2=O)CC12CCCCC2. The molecule has 0 unspecified atom stereocenters. The number of aromatic amines is 1. The number of carbonyl (C=O) groups is 2. The third kappa shape index (κ3) is 3.82. The van der Waals surface area contributed by atoms with Gasteiger partial charge in [-0.25, -0.2) is 0 Å². The van der Waals surface area contributed by atoms with Gasteiger partial charge >= 0.3 is 0 Å². The highest BCUT2D eigenvalue weighted by Gasteiger charge is 2.48. The number of amides is 2. The fraction of sp³-hybridized carbons (Fsp3) is 0.632. The van der Waals surface area contributed by atoms with Crippen molar-refractivity contribution in [1.29, 1.82) is 0 Å². The van der Waals surface area contributed by atoms with Crippen molar-refractivity contribution in [2.24, 2.45) is 11.3 Å². The van der Waals surface area contributed by atoms with E-state index in [1.165, 1.54) is 19.7 Å². The van der Waals surface area contributed by atoms with Crippen LogP contribution >= 0.6 is 0 Å². The number of carbonyl (C=O) groups excluding carboxylic acids is 2. The Morgan fingerprint density at radius 2 is 2.12 bits per heavy atom. The zero-order chi connectivity index (χ0) is 18.6. The monoisotopic (exact) mass is 361 g/mol. The highest BCUT2D eigenvalue weighted by Crippen LogP contribution is 2.47. The summed E-state index contributed by atoms with van der Waals surface area (Å²) < 4.78 is 4.87. The standard InChI is InChI=1S/C19H27N3O4/c1-26-12-16(23)21-10-14-11-22(13-19(14)7-3-2-4-8-19)18(25)15-6-5-9-20-17(15)24/h5-6,9,14H,2-4,7-8,10-13H2,1H3,(H,20,24)(H,21,23)/t14-/m0/s1. The van der Waals surface area contributed by atoms with Crippen LogP contribution in [0.4, 0.5) is 0 Å². The number of nitrogens with zero attached hydrogens (tertiary/aromatic N) is 1. The average Bonchev–Trinajstić information content (AvgIpc) is 2.98. The molecule has 26 heavy (non-hydrogen) atoms. The van der Waals surface area contributed by atoms with E-state index < -0.39 is 0 Å². The molecular weight excluding hydrogens is 334 g/mol. The van der Waals surface area contributed by atoms with Gasteiger partial charge in [-0.15, -0.1) is 0 Å². The maximum Gasteiger partial charge on any atom is 0.260 e. The number of likely N-dealkylation sites (tertiary alicyclic amines) is 1. The Balaban J connectivity index is 1.75. The van der Waals surface area contributed by atoms with Gasteiger partial charge < -0.3 is 19.9 Å². The van der Waals surface area contributed by atoms with Crippen LogP contribution < -0.4 is 10.9 Å². The Morgan fingerprint density at radius 3 is 2.81 bits per heavy atom. The first-order valence-corrected chi connectivity index (χ1v) is 9.28. The molecule has 0 radical (unpaired) electrons. The van der Waals surface area contributed by atoms with E-state index in [1.807, 2.05) is 0 Å². The first-order chi connectivity index (χ1) is 12.6. The lowest BCUT2D eigenvalue weighted by Gasteiger charge is -2.38. The Labute approximate surface area is 153 Å². The fourth-order valence-electron chi connectivity index (χ4n) is 4.47. The molecule has 2 amide bonds. The van der Waals surface area contributed by atoms with E-state index in [-0.39, 0.29) is 40.9 Å². The number of nitrogens with one attached hydrogen (secondary N) is 2. The van der Waals surface area contributed by atoms with Gasteiger partial charge in [0.05, 0.1) is 0 Å². The molecule has 1 spiro atoms. The number of ether oxygens (including phenoxy) is 1. The summed E-state index contributed by atoms with van der Waals surface area (Å²) in [6.07, 6.45) is 7.17. The molecular formula is C19H27N3O4. The number of hydrogen-bond donors (Lipinski definition) is 2. The Bertz CT molecular complexity index is 709. The molecule has 7 nitrogen and oxygen atoms in total. The van der Waals surface area contributed by atoms with Crippen molar-refractivity contribution in [3.63, 3.8) is 0 Å². The molecule has 0 bridgehead atoms. The van der Waals surface area contributed by atoms with Crippen LogP contribution in [0.2, 0.25) is 0 Å². The molecule has 2 N–H and O–H groups in total. The summed E-state index contributed by atoms with van der Waals surface area (Å²) in [6, 6.07) is 3.24. The van der Waals surface area contributed by atoms with Gasteiger partial charge in [-0.05, 0) is 30.4 Å². The predicted octanol–water partition coefficient (Wildman–Crippen LogP) is 1.16. The third-order valence-electron chi connectivity index (χ3n) is 5.82. The molecule has 1 aliphatic carbocycles. The average molecular weight is 361 g/mol. The largest absolute Gasteiger partial charge is 0.375 e. The van der Waals surface area contributed by atoms with E-state index in [1.54, 1.807) is 17.0 Å². The van der Waals surface area contributed by atoms with Crippen LogP contribution in [0.3, 0.4) is 0 Å². The van der Waals surface area contributed by atoms with Gasteiger partial charge in [0.25, 0.3) is 11.5 Å². The van der Waals surface area contributed by atoms with Crippen molar-refractivity contribution in [1.82, 2.24) is 15.2 Å². The van der Waals surface area contributed by atoms with Crippen molar-refractivity contribution in [3.05, 3.63) is 34.2 Å². The summed E-state index contributed by atoms with van der Waals surface area (Å²) in [5.74, 6) is -0.152. The lowest BCUT2D eigenvalue weighted by Crippen LogP contribution is -2.40. The summed E-state index contributed by atoms with van der Waals surface area (Å²) in [7, 11) is 1.50. The van der Waals surface area contributed by atoms with E-state index in [0.717, 1.165) is 25.7 Å². The van der Waals surface area contributed by atoms with Crippen molar-refractivity contribution in [2.45, 2.75) is 32.1 Å². The minimum atomic E-state index is -0.355. The molecule has 1 atom stereocenters. The van der Waals surface area contributed by atoms with Crippen LogP contribution in [0.15, 0.2) is 23.1 Å². The number of aromatic nitrogens is 1. The maximum absolute atomic E-state index is 12.9. The molecule has 7 heteroatoms. The first-order valence-electron chi connectivity index (χ1n) is 9.28. The van der Waals surface area contributed by atoms with E-state index in [2.05, 4.69) is 10.3 Å². The first kappa shape index (κ1) is 18.6. The Hall–Kier alpha value is -2.15. The number of rotatable bonds is 5. The second kappa shape index (κ2) is 8.03. The van der Waals surface area contributed by atoms with Crippen LogP contribution in [-0.2, 0) is 9.53 Å². The van der Waals surface area contributed by atoms with Crippen LogP contribution in [0.25, 0.3) is 0 Å². The number of methoxy groups -OCH3 is 1. The molecule has 1 aromatic rings. The number of H-pyrrole nitrogens is 1. The van der Waals surface area contributed by atoms with Gasteiger partial charge in [-0.2, -0.15) is 0 Å². The second-order valence-corrected chi connectivity index (χ2v) is 7.46. The Kier molecular flexibility index (Phi) is 5.76. The van der Waals surface area contributed by atoms with Crippen LogP contribution in [0, 0.1) is 11.3 Å². The highest BCUT2D eigenvalue weighted by atomic mass is 16.5. The summed E-state index contributed by atoms with van der Waals surface area (Å²) in [4.78, 5) is 41.0. The van der Waals surface area contributed by atoms with Crippen LogP contribution in [0.1, 0.15) is 42.5 Å². The van der Waals surface area contributed by atoms with E-state index >= 15 is 0 Å². The van der Waals surface area contributed by atoms with E-state index in [0.29, 0.717) is 19.6 Å². The molecule has 1 aliphatic heterocycles. The third-order valence-corrected chi connectivity index (χ3v) is 5.82. The van der Waals surface area contributed by atoms with Gasteiger partial charge in [0, 0.05) is 38.9 Å². The van der Waals surface area contributed by atoms with Crippen molar-refractivity contribution < 1.29 is 14.3 Å².